The molecule has 1 heterocycles. The van der Waals surface area contributed by atoms with Crippen molar-refractivity contribution in [1.82, 2.24) is 9.62 Å². The maximum Gasteiger partial charge on any atom is 0.319 e. The van der Waals surface area contributed by atoms with Crippen LogP contribution in [0.4, 0.5) is 21.9 Å². The molecule has 0 spiro atoms. The minimum Gasteiger partial charge on any atom is -0.371 e. The number of amides is 3. The van der Waals surface area contributed by atoms with Gasteiger partial charge in [0.2, 0.25) is 10.0 Å². The van der Waals surface area contributed by atoms with E-state index in [1.807, 2.05) is 0 Å². The lowest BCUT2D eigenvalue weighted by molar-refractivity contribution is 0.102. The molecule has 2 aromatic carbocycles. The van der Waals surface area contributed by atoms with Crippen LogP contribution >= 0.6 is 0 Å². The Morgan fingerprint density at radius 1 is 0.939 bits per heavy atom. The molecular formula is C23H29N5O4S. The van der Waals surface area contributed by atoms with Crippen LogP contribution in [-0.2, 0) is 10.0 Å². The number of carbonyl (C=O) groups is 2. The molecule has 1 aliphatic heterocycles. The van der Waals surface area contributed by atoms with Crippen LogP contribution < -0.4 is 20.9 Å². The van der Waals surface area contributed by atoms with Crippen molar-refractivity contribution in [2.24, 2.45) is 0 Å². The molecule has 0 radical (unpaired) electrons. The van der Waals surface area contributed by atoms with Crippen LogP contribution in [0, 0.1) is 0 Å². The summed E-state index contributed by atoms with van der Waals surface area (Å²) < 4.78 is 26.4. The van der Waals surface area contributed by atoms with Crippen molar-refractivity contribution in [3.8, 4) is 0 Å². The Kier molecular flexibility index (Phi) is 6.57. The number of nitrogens with one attached hydrogen (secondary N) is 3. The fourth-order valence-electron chi connectivity index (χ4n) is 3.72. The second-order valence-corrected chi connectivity index (χ2v) is 10.7. The molecule has 1 aliphatic carbocycles. The summed E-state index contributed by atoms with van der Waals surface area (Å²) in [5, 5.41) is 8.47. The van der Waals surface area contributed by atoms with E-state index in [2.05, 4.69) is 20.9 Å². The molecule has 0 aromatic heterocycles. The van der Waals surface area contributed by atoms with E-state index in [0.29, 0.717) is 16.9 Å². The van der Waals surface area contributed by atoms with Crippen LogP contribution in [0.5, 0.6) is 0 Å². The van der Waals surface area contributed by atoms with Gasteiger partial charge in [-0.2, -0.15) is 0 Å². The number of rotatable bonds is 7. The number of carbonyl (C=O) groups excluding carboxylic acids is 2. The summed E-state index contributed by atoms with van der Waals surface area (Å²) in [5.41, 5.74) is 2.19. The van der Waals surface area contributed by atoms with Gasteiger partial charge in [0.25, 0.3) is 5.91 Å². The summed E-state index contributed by atoms with van der Waals surface area (Å²) in [5.74, 6) is -0.389. The normalized spacial score (nSPS) is 16.0. The summed E-state index contributed by atoms with van der Waals surface area (Å²) >= 11 is 0. The lowest BCUT2D eigenvalue weighted by Gasteiger charge is -2.22. The predicted molar refractivity (Wildman–Crippen MR) is 128 cm³/mol. The topological polar surface area (TPSA) is 111 Å². The highest BCUT2D eigenvalue weighted by molar-refractivity contribution is 7.89. The fourth-order valence-corrected chi connectivity index (χ4v) is 4.65. The summed E-state index contributed by atoms with van der Waals surface area (Å²) in [4.78, 5) is 27.3. The maximum atomic E-state index is 13.2. The third kappa shape index (κ3) is 5.45. The van der Waals surface area contributed by atoms with Crippen molar-refractivity contribution in [3.63, 3.8) is 0 Å². The number of anilines is 3. The first-order chi connectivity index (χ1) is 15.7. The summed E-state index contributed by atoms with van der Waals surface area (Å²) in [7, 11) is -0.754. The highest BCUT2D eigenvalue weighted by Crippen LogP contribution is 2.29. The van der Waals surface area contributed by atoms with Gasteiger partial charge >= 0.3 is 6.03 Å². The minimum atomic E-state index is -3.68. The Bertz CT molecular complexity index is 1140. The second-order valence-electron chi connectivity index (χ2n) is 8.56. The molecule has 2 aliphatic rings. The first-order valence-corrected chi connectivity index (χ1v) is 12.5. The zero-order valence-corrected chi connectivity index (χ0v) is 19.6. The molecule has 2 aromatic rings. The number of hydrogen-bond acceptors (Lipinski definition) is 5. The molecule has 4 rings (SSSR count). The average Bonchev–Trinajstić information content (AvgIpc) is 3.42. The number of hydrogen-bond donors (Lipinski definition) is 3. The van der Waals surface area contributed by atoms with Gasteiger partial charge in [-0.3, -0.25) is 4.79 Å². The van der Waals surface area contributed by atoms with E-state index in [1.165, 1.54) is 20.2 Å². The van der Waals surface area contributed by atoms with Gasteiger partial charge in [-0.05, 0) is 68.1 Å². The van der Waals surface area contributed by atoms with Crippen LogP contribution in [0.3, 0.4) is 0 Å². The Morgan fingerprint density at radius 2 is 1.55 bits per heavy atom. The monoisotopic (exact) mass is 471 g/mol. The van der Waals surface area contributed by atoms with Crippen molar-refractivity contribution >= 4 is 39.0 Å². The zero-order valence-electron chi connectivity index (χ0n) is 18.8. The largest absolute Gasteiger partial charge is 0.371 e. The van der Waals surface area contributed by atoms with Gasteiger partial charge in [0.1, 0.15) is 0 Å². The molecule has 0 bridgehead atoms. The van der Waals surface area contributed by atoms with Gasteiger partial charge in [0.05, 0.1) is 10.5 Å². The quantitative estimate of drug-likeness (QED) is 0.575. The molecule has 1 saturated carbocycles. The molecule has 0 atom stereocenters. The molecule has 2 fully saturated rings. The van der Waals surface area contributed by atoms with Gasteiger partial charge in [0.15, 0.2) is 0 Å². The maximum absolute atomic E-state index is 13.2. The summed E-state index contributed by atoms with van der Waals surface area (Å²) in [6, 6.07) is 11.5. The van der Waals surface area contributed by atoms with Gasteiger partial charge in [-0.1, -0.05) is 0 Å². The minimum absolute atomic E-state index is 0.0711. The van der Waals surface area contributed by atoms with Crippen LogP contribution in [0.1, 0.15) is 36.0 Å². The number of benzene rings is 2. The Hall–Kier alpha value is -3.11. The third-order valence-electron chi connectivity index (χ3n) is 5.75. The number of sulfonamides is 1. The third-order valence-corrected chi connectivity index (χ3v) is 7.56. The first kappa shape index (κ1) is 23.1. The Morgan fingerprint density at radius 3 is 2.12 bits per heavy atom. The molecule has 9 nitrogen and oxygen atoms in total. The van der Waals surface area contributed by atoms with E-state index in [4.69, 9.17) is 0 Å². The van der Waals surface area contributed by atoms with Crippen LogP contribution in [-0.4, -0.2) is 57.9 Å². The molecule has 176 valence electrons. The summed E-state index contributed by atoms with van der Waals surface area (Å²) in [6.07, 6.45) is 4.08. The van der Waals surface area contributed by atoms with E-state index in [1.54, 1.807) is 36.4 Å². The number of urea groups is 1. The van der Waals surface area contributed by atoms with Crippen molar-refractivity contribution in [2.75, 3.05) is 42.7 Å². The smallest absolute Gasteiger partial charge is 0.319 e. The van der Waals surface area contributed by atoms with E-state index in [0.717, 1.165) is 48.8 Å². The van der Waals surface area contributed by atoms with Crippen molar-refractivity contribution < 1.29 is 18.0 Å². The standard InChI is InChI=1S/C23H29N5O4S/c1-27(2)33(31,32)19-11-12-21(28-13-3-4-14-28)20(15-19)22(29)24-16-5-7-17(8-6-16)25-23(30)26-18-9-10-18/h5-8,11-12,15,18H,3-4,9-10,13-14H2,1-2H3,(H,24,29)(H2,25,26,30). The molecule has 0 unspecified atom stereocenters. The molecular weight excluding hydrogens is 442 g/mol. The van der Waals surface area contributed by atoms with E-state index >= 15 is 0 Å². The lowest BCUT2D eigenvalue weighted by atomic mass is 10.1. The SMILES string of the molecule is CN(C)S(=O)(=O)c1ccc(N2CCCC2)c(C(=O)Nc2ccc(NC(=O)NC3CC3)cc2)c1. The van der Waals surface area contributed by atoms with Gasteiger partial charge in [-0.15, -0.1) is 0 Å². The molecule has 33 heavy (non-hydrogen) atoms. The molecule has 3 amide bonds. The number of nitrogens with zero attached hydrogens (tertiary/aromatic N) is 2. The van der Waals surface area contributed by atoms with Gasteiger partial charge in [0, 0.05) is 50.3 Å². The average molecular weight is 472 g/mol. The highest BCUT2D eigenvalue weighted by atomic mass is 32.2. The zero-order chi connectivity index (χ0) is 23.6. The van der Waals surface area contributed by atoms with Crippen LogP contribution in [0.2, 0.25) is 0 Å². The molecule has 3 N–H and O–H groups in total. The van der Waals surface area contributed by atoms with E-state index in [9.17, 15) is 18.0 Å². The molecule has 10 heteroatoms. The second kappa shape index (κ2) is 9.40. The fraction of sp³-hybridized carbons (Fsp3) is 0.391. The lowest BCUT2D eigenvalue weighted by Crippen LogP contribution is -2.30. The Balaban J connectivity index is 1.53. The van der Waals surface area contributed by atoms with E-state index < -0.39 is 10.0 Å². The molecule has 1 saturated heterocycles. The van der Waals surface area contributed by atoms with Gasteiger partial charge < -0.3 is 20.9 Å². The van der Waals surface area contributed by atoms with Crippen molar-refractivity contribution in [3.05, 3.63) is 48.0 Å². The Labute approximate surface area is 194 Å². The highest BCUT2D eigenvalue weighted by Gasteiger charge is 2.25. The van der Waals surface area contributed by atoms with Crippen LogP contribution in [0.25, 0.3) is 0 Å². The van der Waals surface area contributed by atoms with E-state index in [-0.39, 0.29) is 22.9 Å². The predicted octanol–water partition coefficient (Wildman–Crippen LogP) is 3.07. The van der Waals surface area contributed by atoms with Crippen molar-refractivity contribution in [2.45, 2.75) is 36.6 Å². The van der Waals surface area contributed by atoms with Crippen molar-refractivity contribution in [1.29, 1.82) is 0 Å². The van der Waals surface area contributed by atoms with Gasteiger partial charge in [-0.25, -0.2) is 17.5 Å². The summed E-state index contributed by atoms with van der Waals surface area (Å²) in [6.45, 7) is 1.65. The first-order valence-electron chi connectivity index (χ1n) is 11.0. The van der Waals surface area contributed by atoms with Crippen LogP contribution in [0.15, 0.2) is 47.4 Å².